The van der Waals surface area contributed by atoms with Crippen molar-refractivity contribution in [3.63, 3.8) is 0 Å². The first-order chi connectivity index (χ1) is 35.0. The summed E-state index contributed by atoms with van der Waals surface area (Å²) in [5, 5.41) is 5.80. The van der Waals surface area contributed by atoms with Crippen molar-refractivity contribution in [1.29, 1.82) is 0 Å². The zero-order valence-corrected chi connectivity index (χ0v) is 41.4. The molecule has 12 aromatic rings. The van der Waals surface area contributed by atoms with Gasteiger partial charge >= 0.3 is 0 Å². The van der Waals surface area contributed by atoms with Gasteiger partial charge in [-0.25, -0.2) is 24.3 Å². The van der Waals surface area contributed by atoms with Gasteiger partial charge in [-0.1, -0.05) is 83.9 Å². The summed E-state index contributed by atoms with van der Waals surface area (Å²) in [4.78, 5) is 72.3. The van der Waals surface area contributed by atoms with Crippen molar-refractivity contribution in [3.05, 3.63) is 198 Å². The summed E-state index contributed by atoms with van der Waals surface area (Å²) in [6.45, 7) is 4.31. The number of imidazole rings is 1. The smallest absolute Gasteiger partial charge is 0.269 e. The Kier molecular flexibility index (Phi) is 13.5. The first-order valence-electron chi connectivity index (χ1n) is 22.3. The van der Waals surface area contributed by atoms with E-state index in [-0.39, 0.29) is 29.1 Å². The number of hydrogen-bond acceptors (Lipinski definition) is 13. The van der Waals surface area contributed by atoms with Crippen molar-refractivity contribution in [2.24, 2.45) is 7.05 Å². The van der Waals surface area contributed by atoms with Crippen LogP contribution in [0.4, 0.5) is 4.39 Å². The number of fused-ring (bicyclic) bond motifs is 3. The van der Waals surface area contributed by atoms with Gasteiger partial charge in [0.15, 0.2) is 23.3 Å². The number of methoxy groups -OCH3 is 1. The summed E-state index contributed by atoms with van der Waals surface area (Å²) in [7, 11) is 3.40. The van der Waals surface area contributed by atoms with Crippen LogP contribution < -0.4 is 16.7 Å². The van der Waals surface area contributed by atoms with E-state index in [0.717, 1.165) is 38.9 Å². The molecule has 3 N–H and O–H groups in total. The number of aromatic amines is 3. The Hall–Kier alpha value is -8.42. The maximum atomic E-state index is 14.3. The van der Waals surface area contributed by atoms with Gasteiger partial charge in [0.1, 0.15) is 31.3 Å². The van der Waals surface area contributed by atoms with Crippen LogP contribution in [-0.2, 0) is 18.4 Å². The van der Waals surface area contributed by atoms with Gasteiger partial charge in [-0.3, -0.25) is 24.4 Å². The predicted octanol–water partition coefficient (Wildman–Crippen LogP) is 11.4. The normalized spacial score (nSPS) is 11.1. The molecule has 14 nitrogen and oxygen atoms in total. The molecule has 0 radical (unpaired) electrons. The van der Waals surface area contributed by atoms with Crippen molar-refractivity contribution in [2.75, 3.05) is 7.11 Å². The number of aryl methyl sites for hydroxylation is 3. The second kappa shape index (κ2) is 20.5. The number of pyridine rings is 2. The first-order valence-corrected chi connectivity index (χ1v) is 24.9. The van der Waals surface area contributed by atoms with Crippen LogP contribution in [0, 0.1) is 19.7 Å². The Bertz CT molecular complexity index is 4100. The van der Waals surface area contributed by atoms with E-state index < -0.39 is 0 Å². The molecule has 72 heavy (non-hydrogen) atoms. The highest BCUT2D eigenvalue weighted by atomic mass is 32.1. The third-order valence-corrected chi connectivity index (χ3v) is 14.4. The molecule has 18 heteroatoms. The SMILES string of the molecule is COCc1ccc(-c2csc3c(=O)[nH]c(-c4ccccn4)nc23)cc1F.Cc1cccc(-c2csc3c(=O)[nH]c(-c4ccccn4)nc23)c1.Cc1cccc(-c2csc3c(=O)[nH]c(-c4nccn4C)nc23)c1. The fraction of sp³-hybridized carbons (Fsp3) is 0.0926. The molecule has 3 aromatic carbocycles. The minimum atomic E-state index is -0.349. The topological polar surface area (TPSA) is 190 Å². The maximum absolute atomic E-state index is 14.3. The van der Waals surface area contributed by atoms with Crippen molar-refractivity contribution in [3.8, 4) is 68.1 Å². The number of ether oxygens (including phenoxy) is 1. The number of hydrogen-bond donors (Lipinski definition) is 3. The van der Waals surface area contributed by atoms with Crippen LogP contribution in [0.3, 0.4) is 0 Å². The summed E-state index contributed by atoms with van der Waals surface area (Å²) in [5.74, 6) is 1.67. The van der Waals surface area contributed by atoms with Crippen molar-refractivity contribution in [1.82, 2.24) is 49.4 Å². The van der Waals surface area contributed by atoms with Crippen LogP contribution in [0.1, 0.15) is 16.7 Å². The van der Waals surface area contributed by atoms with Gasteiger partial charge < -0.3 is 24.3 Å². The molecule has 0 saturated heterocycles. The van der Waals surface area contributed by atoms with E-state index in [4.69, 9.17) is 4.74 Å². The molecular weight excluding hydrogens is 968 g/mol. The van der Waals surface area contributed by atoms with Gasteiger partial charge in [0.25, 0.3) is 16.7 Å². The van der Waals surface area contributed by atoms with Gasteiger partial charge in [0, 0.05) is 77.3 Å². The molecule has 0 aliphatic heterocycles. The molecule has 0 unspecified atom stereocenters. The molecule has 0 aliphatic carbocycles. The lowest BCUT2D eigenvalue weighted by atomic mass is 10.1. The molecular formula is C54H41FN10O4S3. The van der Waals surface area contributed by atoms with Crippen molar-refractivity contribution < 1.29 is 9.13 Å². The van der Waals surface area contributed by atoms with Crippen molar-refractivity contribution in [2.45, 2.75) is 20.5 Å². The van der Waals surface area contributed by atoms with Gasteiger partial charge in [-0.15, -0.1) is 34.0 Å². The number of rotatable bonds is 8. The van der Waals surface area contributed by atoms with Crippen LogP contribution in [0.2, 0.25) is 0 Å². The highest BCUT2D eigenvalue weighted by molar-refractivity contribution is 7.18. The monoisotopic (exact) mass is 1010 g/mol. The van der Waals surface area contributed by atoms with Crippen LogP contribution in [-0.4, -0.2) is 56.5 Å². The predicted molar refractivity (Wildman–Crippen MR) is 286 cm³/mol. The third-order valence-electron chi connectivity index (χ3n) is 11.4. The Morgan fingerprint density at radius 2 is 1.03 bits per heavy atom. The standard InChI is InChI=1S/C19H14FN3O2S.C18H13N3OS.C17H14N4OS/c1-25-9-12-6-5-11(8-14(12)20)13-10-26-17-16(13)22-18(23-19(17)24)15-4-2-3-7-21-15;1-11-5-4-6-12(9-11)13-10-23-16-15(13)20-17(21-18(16)22)14-7-2-3-8-19-14;1-10-4-3-5-11(8-10)12-9-23-14-13(12)19-15(20-17(14)22)16-18-6-7-21(16)2/h2-8,10H,9H2,1H3,(H,22,23,24);2-10H,1H3,(H,20,21,22);3-9H,1-2H3,(H,19,20,22). The number of aromatic nitrogens is 10. The largest absolute Gasteiger partial charge is 0.380 e. The molecule has 0 atom stereocenters. The Balaban J connectivity index is 0.000000125. The first kappa shape index (κ1) is 47.3. The van der Waals surface area contributed by atoms with Crippen LogP contribution in [0.25, 0.3) is 98.7 Å². The fourth-order valence-electron chi connectivity index (χ4n) is 7.96. The molecule has 12 rings (SSSR count). The zero-order chi connectivity index (χ0) is 49.9. The van der Waals surface area contributed by atoms with Gasteiger partial charge in [-0.2, -0.15) is 0 Å². The molecule has 9 aromatic heterocycles. The number of halogens is 1. The highest BCUT2D eigenvalue weighted by Crippen LogP contribution is 2.35. The second-order valence-electron chi connectivity index (χ2n) is 16.5. The fourth-order valence-corrected chi connectivity index (χ4v) is 10.7. The Morgan fingerprint density at radius 3 is 1.44 bits per heavy atom. The summed E-state index contributed by atoms with van der Waals surface area (Å²) in [5.41, 5.74) is 11.1. The lowest BCUT2D eigenvalue weighted by Crippen LogP contribution is -2.09. The molecule has 9 heterocycles. The molecule has 0 spiro atoms. The van der Waals surface area contributed by atoms with E-state index in [1.165, 1.54) is 58.3 Å². The van der Waals surface area contributed by atoms with Crippen LogP contribution in [0.5, 0.6) is 0 Å². The lowest BCUT2D eigenvalue weighted by Gasteiger charge is -2.06. The van der Waals surface area contributed by atoms with E-state index in [2.05, 4.69) is 83.0 Å². The van der Waals surface area contributed by atoms with Crippen LogP contribution in [0.15, 0.2) is 158 Å². The van der Waals surface area contributed by atoms with Crippen LogP contribution >= 0.6 is 34.0 Å². The second-order valence-corrected chi connectivity index (χ2v) is 19.1. The number of nitrogens with one attached hydrogen (secondary N) is 3. The van der Waals surface area contributed by atoms with E-state index in [0.29, 0.717) is 65.4 Å². The minimum absolute atomic E-state index is 0.125. The summed E-state index contributed by atoms with van der Waals surface area (Å²) in [6, 6.07) is 32.3. The van der Waals surface area contributed by atoms with E-state index in [1.807, 2.05) is 88.5 Å². The molecule has 356 valence electrons. The number of benzene rings is 3. The molecule has 0 bridgehead atoms. The highest BCUT2D eigenvalue weighted by Gasteiger charge is 2.18. The zero-order valence-electron chi connectivity index (χ0n) is 38.9. The lowest BCUT2D eigenvalue weighted by molar-refractivity contribution is 0.181. The summed E-state index contributed by atoms with van der Waals surface area (Å²) in [6.07, 6.45) is 6.84. The number of thiophene rings is 3. The number of H-pyrrole nitrogens is 3. The van der Waals surface area contributed by atoms with Gasteiger partial charge in [0.2, 0.25) is 0 Å². The average Bonchev–Trinajstić information content (AvgIpc) is 4.22. The van der Waals surface area contributed by atoms with Gasteiger partial charge in [0.05, 0.1) is 23.2 Å². The third kappa shape index (κ3) is 9.71. The number of nitrogens with zero attached hydrogens (tertiary/aromatic N) is 7. The Morgan fingerprint density at radius 1 is 0.556 bits per heavy atom. The Labute approximate surface area is 421 Å². The molecule has 0 saturated carbocycles. The molecule has 0 aliphatic rings. The molecule has 0 fully saturated rings. The van der Waals surface area contributed by atoms with E-state index in [9.17, 15) is 18.8 Å². The molecule has 0 amide bonds. The summed E-state index contributed by atoms with van der Waals surface area (Å²) >= 11 is 4.12. The maximum Gasteiger partial charge on any atom is 0.269 e. The van der Waals surface area contributed by atoms with Crippen molar-refractivity contribution >= 4 is 64.7 Å². The van der Waals surface area contributed by atoms with Gasteiger partial charge in [-0.05, 0) is 60.9 Å². The average molecular weight is 1010 g/mol. The summed E-state index contributed by atoms with van der Waals surface area (Å²) < 4.78 is 22.9. The minimum Gasteiger partial charge on any atom is -0.380 e. The van der Waals surface area contributed by atoms with E-state index >= 15 is 0 Å². The quantitative estimate of drug-likeness (QED) is 0.132. The van der Waals surface area contributed by atoms with E-state index in [1.54, 1.807) is 36.8 Å².